The third-order valence-corrected chi connectivity index (χ3v) is 3.88. The van der Waals surface area contributed by atoms with Crippen molar-refractivity contribution in [3.63, 3.8) is 0 Å². The monoisotopic (exact) mass is 263 g/mol. The fourth-order valence-electron chi connectivity index (χ4n) is 2.64. The van der Waals surface area contributed by atoms with Gasteiger partial charge in [0.15, 0.2) is 0 Å². The number of nitrogens with one attached hydrogen (secondary N) is 1. The van der Waals surface area contributed by atoms with E-state index in [2.05, 4.69) is 12.2 Å². The number of ether oxygens (including phenoxy) is 1. The summed E-state index contributed by atoms with van der Waals surface area (Å²) < 4.78 is 5.25. The summed E-state index contributed by atoms with van der Waals surface area (Å²) >= 11 is 0. The summed E-state index contributed by atoms with van der Waals surface area (Å²) in [5, 5.41) is 13.3. The lowest BCUT2D eigenvalue weighted by Gasteiger charge is -2.25. The quantitative estimate of drug-likeness (QED) is 0.758. The maximum absolute atomic E-state index is 9.66. The highest BCUT2D eigenvalue weighted by molar-refractivity contribution is 5.30. The van der Waals surface area contributed by atoms with E-state index in [9.17, 15) is 5.11 Å². The minimum Gasteiger partial charge on any atom is -0.497 e. The second-order valence-electron chi connectivity index (χ2n) is 5.41. The Morgan fingerprint density at radius 2 is 2.21 bits per heavy atom. The summed E-state index contributed by atoms with van der Waals surface area (Å²) in [5.41, 5.74) is 1.10. The van der Waals surface area contributed by atoms with Gasteiger partial charge in [0, 0.05) is 6.04 Å². The van der Waals surface area contributed by atoms with Gasteiger partial charge in [0.25, 0.3) is 0 Å². The van der Waals surface area contributed by atoms with Crippen molar-refractivity contribution in [2.24, 2.45) is 5.92 Å². The highest BCUT2D eigenvalue weighted by atomic mass is 16.5. The summed E-state index contributed by atoms with van der Waals surface area (Å²) in [6.45, 7) is 2.34. The molecule has 3 heteroatoms. The molecule has 1 fully saturated rings. The molecule has 1 aromatic rings. The summed E-state index contributed by atoms with van der Waals surface area (Å²) in [4.78, 5) is 0. The third kappa shape index (κ3) is 3.95. The zero-order valence-electron chi connectivity index (χ0n) is 11.9. The Kier molecular flexibility index (Phi) is 5.23. The standard InChI is InChI=1S/C16H25NO2/c1-3-5-15(12-8-9-12)17-16(11-18)13-6-4-7-14(10-13)19-2/h4,6-7,10,12,15-18H,3,5,8-9,11H2,1-2H3. The van der Waals surface area contributed by atoms with E-state index < -0.39 is 0 Å². The van der Waals surface area contributed by atoms with Crippen molar-refractivity contribution >= 4 is 0 Å². The van der Waals surface area contributed by atoms with Crippen molar-refractivity contribution in [2.45, 2.75) is 44.7 Å². The van der Waals surface area contributed by atoms with Crippen LogP contribution in [0.3, 0.4) is 0 Å². The Hall–Kier alpha value is -1.06. The van der Waals surface area contributed by atoms with Crippen molar-refractivity contribution in [1.29, 1.82) is 0 Å². The van der Waals surface area contributed by atoms with Crippen molar-refractivity contribution in [1.82, 2.24) is 5.32 Å². The van der Waals surface area contributed by atoms with Crippen LogP contribution in [-0.4, -0.2) is 24.9 Å². The predicted octanol–water partition coefficient (Wildman–Crippen LogP) is 2.90. The van der Waals surface area contributed by atoms with E-state index in [-0.39, 0.29) is 12.6 Å². The first-order chi connectivity index (χ1) is 9.28. The number of methoxy groups -OCH3 is 1. The topological polar surface area (TPSA) is 41.5 Å². The molecule has 2 rings (SSSR count). The van der Waals surface area contributed by atoms with Gasteiger partial charge in [-0.15, -0.1) is 0 Å². The molecule has 1 aliphatic rings. The van der Waals surface area contributed by atoms with Crippen LogP contribution in [0.1, 0.15) is 44.2 Å². The number of rotatable bonds is 8. The molecule has 0 aromatic heterocycles. The van der Waals surface area contributed by atoms with Crippen molar-refractivity contribution < 1.29 is 9.84 Å². The second kappa shape index (κ2) is 6.92. The van der Waals surface area contributed by atoms with E-state index in [4.69, 9.17) is 4.74 Å². The van der Waals surface area contributed by atoms with Gasteiger partial charge in [-0.1, -0.05) is 25.5 Å². The molecule has 1 aromatic carbocycles. The summed E-state index contributed by atoms with van der Waals surface area (Å²) in [6, 6.07) is 8.50. The molecule has 0 aliphatic heterocycles. The van der Waals surface area contributed by atoms with Crippen molar-refractivity contribution in [2.75, 3.05) is 13.7 Å². The number of benzene rings is 1. The van der Waals surface area contributed by atoms with Crippen molar-refractivity contribution in [3.8, 4) is 5.75 Å². The molecule has 0 heterocycles. The molecule has 2 unspecified atom stereocenters. The molecule has 2 atom stereocenters. The van der Waals surface area contributed by atoms with Gasteiger partial charge in [-0.2, -0.15) is 0 Å². The van der Waals surface area contributed by atoms with Crippen molar-refractivity contribution in [3.05, 3.63) is 29.8 Å². The molecule has 106 valence electrons. The molecular formula is C16H25NO2. The number of hydrogen-bond donors (Lipinski definition) is 2. The van der Waals surface area contributed by atoms with Gasteiger partial charge in [-0.05, 0) is 42.9 Å². The van der Waals surface area contributed by atoms with Gasteiger partial charge in [0.05, 0.1) is 19.8 Å². The number of aliphatic hydroxyl groups is 1. The van der Waals surface area contributed by atoms with Gasteiger partial charge in [-0.25, -0.2) is 0 Å². The fourth-order valence-corrected chi connectivity index (χ4v) is 2.64. The predicted molar refractivity (Wildman–Crippen MR) is 77.4 cm³/mol. The van der Waals surface area contributed by atoms with Gasteiger partial charge in [0.2, 0.25) is 0 Å². The smallest absolute Gasteiger partial charge is 0.119 e. The van der Waals surface area contributed by atoms with Crippen LogP contribution in [-0.2, 0) is 0 Å². The molecule has 0 radical (unpaired) electrons. The van der Waals surface area contributed by atoms with Crippen LogP contribution in [0.5, 0.6) is 5.75 Å². The highest BCUT2D eigenvalue weighted by Gasteiger charge is 2.31. The molecule has 0 amide bonds. The molecule has 0 spiro atoms. The second-order valence-corrected chi connectivity index (χ2v) is 5.41. The zero-order chi connectivity index (χ0) is 13.7. The Labute approximate surface area is 116 Å². The van der Waals surface area contributed by atoms with E-state index in [0.717, 1.165) is 17.2 Å². The molecule has 2 N–H and O–H groups in total. The lowest BCUT2D eigenvalue weighted by Crippen LogP contribution is -2.36. The summed E-state index contributed by atoms with van der Waals surface area (Å²) in [5.74, 6) is 1.65. The zero-order valence-corrected chi connectivity index (χ0v) is 11.9. The molecule has 0 saturated heterocycles. The third-order valence-electron chi connectivity index (χ3n) is 3.88. The van der Waals surface area contributed by atoms with Gasteiger partial charge in [-0.3, -0.25) is 0 Å². The number of aliphatic hydroxyl groups excluding tert-OH is 1. The lowest BCUT2D eigenvalue weighted by atomic mass is 10.0. The minimum atomic E-state index is 0.00671. The molecule has 3 nitrogen and oxygen atoms in total. The van der Waals surface area contributed by atoms with Crippen LogP contribution < -0.4 is 10.1 Å². The maximum atomic E-state index is 9.66. The average Bonchev–Trinajstić information content (AvgIpc) is 3.28. The van der Waals surface area contributed by atoms with Gasteiger partial charge >= 0.3 is 0 Å². The first-order valence-corrected chi connectivity index (χ1v) is 7.29. The van der Waals surface area contributed by atoms with Crippen LogP contribution in [0, 0.1) is 5.92 Å². The molecular weight excluding hydrogens is 238 g/mol. The van der Waals surface area contributed by atoms with Crippen LogP contribution in [0.15, 0.2) is 24.3 Å². The SMILES string of the molecule is CCCC(NC(CO)c1cccc(OC)c1)C1CC1. The summed E-state index contributed by atoms with van der Waals surface area (Å²) in [6.07, 6.45) is 5.03. The van der Waals surface area contributed by atoms with E-state index in [1.807, 2.05) is 24.3 Å². The van der Waals surface area contributed by atoms with E-state index in [0.29, 0.717) is 6.04 Å². The lowest BCUT2D eigenvalue weighted by molar-refractivity contribution is 0.224. The Bertz CT molecular complexity index is 390. The number of hydrogen-bond acceptors (Lipinski definition) is 3. The normalized spacial score (nSPS) is 18.1. The fraction of sp³-hybridized carbons (Fsp3) is 0.625. The average molecular weight is 263 g/mol. The maximum Gasteiger partial charge on any atom is 0.119 e. The van der Waals surface area contributed by atoms with Crippen LogP contribution in [0.2, 0.25) is 0 Å². The Morgan fingerprint density at radius 3 is 2.79 bits per heavy atom. The largest absolute Gasteiger partial charge is 0.497 e. The van der Waals surface area contributed by atoms with Gasteiger partial charge < -0.3 is 15.2 Å². The first kappa shape index (κ1) is 14.4. The van der Waals surface area contributed by atoms with Crippen LogP contribution >= 0.6 is 0 Å². The van der Waals surface area contributed by atoms with Crippen LogP contribution in [0.25, 0.3) is 0 Å². The van der Waals surface area contributed by atoms with E-state index >= 15 is 0 Å². The van der Waals surface area contributed by atoms with E-state index in [1.54, 1.807) is 7.11 Å². The Balaban J connectivity index is 2.05. The minimum absolute atomic E-state index is 0.00671. The van der Waals surface area contributed by atoms with E-state index in [1.165, 1.54) is 25.7 Å². The Morgan fingerprint density at radius 1 is 1.42 bits per heavy atom. The first-order valence-electron chi connectivity index (χ1n) is 7.29. The summed E-state index contributed by atoms with van der Waals surface area (Å²) in [7, 11) is 1.67. The molecule has 1 aliphatic carbocycles. The molecule has 19 heavy (non-hydrogen) atoms. The molecule has 1 saturated carbocycles. The molecule has 0 bridgehead atoms. The highest BCUT2D eigenvalue weighted by Crippen LogP contribution is 2.35. The van der Waals surface area contributed by atoms with Gasteiger partial charge in [0.1, 0.15) is 5.75 Å². The van der Waals surface area contributed by atoms with Crippen LogP contribution in [0.4, 0.5) is 0 Å².